The molecule has 0 bridgehead atoms. The third kappa shape index (κ3) is 1.93. The zero-order chi connectivity index (χ0) is 10.7. The first-order chi connectivity index (χ1) is 7.33. The summed E-state index contributed by atoms with van der Waals surface area (Å²) in [5, 5.41) is 2.91. The van der Waals surface area contributed by atoms with Crippen LogP contribution >= 0.6 is 0 Å². The summed E-state index contributed by atoms with van der Waals surface area (Å²) in [6.07, 6.45) is 1.58. The van der Waals surface area contributed by atoms with Gasteiger partial charge in [0, 0.05) is 12.6 Å². The largest absolute Gasteiger partial charge is 0.497 e. The number of nitrogens with one attached hydrogen (secondary N) is 1. The number of rotatable bonds is 3. The lowest BCUT2D eigenvalue weighted by molar-refractivity contribution is 0.414. The van der Waals surface area contributed by atoms with Crippen LogP contribution in [0.5, 0.6) is 5.75 Å². The summed E-state index contributed by atoms with van der Waals surface area (Å²) in [6, 6.07) is 7.59. The molecule has 0 aliphatic heterocycles. The van der Waals surface area contributed by atoms with Crippen LogP contribution in [-0.4, -0.2) is 19.1 Å². The average molecular weight is 204 g/mol. The molecule has 2 aromatic rings. The lowest BCUT2D eigenvalue weighted by atomic mass is 10.2. The number of aromatic nitrogens is 1. The molecule has 15 heavy (non-hydrogen) atoms. The summed E-state index contributed by atoms with van der Waals surface area (Å²) in [6.45, 7) is 0. The molecule has 0 amide bonds. The van der Waals surface area contributed by atoms with E-state index in [1.807, 2.05) is 24.3 Å². The Bertz CT molecular complexity index is 451. The molecule has 0 radical (unpaired) electrons. The van der Waals surface area contributed by atoms with Gasteiger partial charge in [0.25, 0.3) is 0 Å². The van der Waals surface area contributed by atoms with Crippen molar-refractivity contribution >= 4 is 5.82 Å². The van der Waals surface area contributed by atoms with E-state index in [-0.39, 0.29) is 0 Å². The zero-order valence-corrected chi connectivity index (χ0v) is 8.65. The summed E-state index contributed by atoms with van der Waals surface area (Å²) in [5.41, 5.74) is 0.899. The topological polar surface area (TPSA) is 47.3 Å². The summed E-state index contributed by atoms with van der Waals surface area (Å²) in [4.78, 5) is 4.24. The van der Waals surface area contributed by atoms with Gasteiger partial charge in [-0.2, -0.15) is 4.98 Å². The van der Waals surface area contributed by atoms with Gasteiger partial charge in [0.2, 0.25) is 5.89 Å². The van der Waals surface area contributed by atoms with Crippen LogP contribution in [0.1, 0.15) is 0 Å². The van der Waals surface area contributed by atoms with E-state index >= 15 is 0 Å². The Balaban J connectivity index is 2.35. The van der Waals surface area contributed by atoms with Gasteiger partial charge < -0.3 is 14.5 Å². The first-order valence-electron chi connectivity index (χ1n) is 4.61. The van der Waals surface area contributed by atoms with Gasteiger partial charge in [-0.15, -0.1) is 0 Å². The molecule has 4 heteroatoms. The normalized spacial score (nSPS) is 10.0. The van der Waals surface area contributed by atoms with E-state index in [1.165, 1.54) is 0 Å². The summed E-state index contributed by atoms with van der Waals surface area (Å²) >= 11 is 0. The fourth-order valence-electron chi connectivity index (χ4n) is 1.28. The van der Waals surface area contributed by atoms with E-state index < -0.39 is 0 Å². The smallest absolute Gasteiger partial charge is 0.228 e. The summed E-state index contributed by atoms with van der Waals surface area (Å²) in [5.74, 6) is 2.09. The van der Waals surface area contributed by atoms with Gasteiger partial charge in [0.1, 0.15) is 12.0 Å². The Morgan fingerprint density at radius 2 is 2.27 bits per heavy atom. The van der Waals surface area contributed by atoms with Crippen molar-refractivity contribution in [2.75, 3.05) is 19.5 Å². The Morgan fingerprint density at radius 1 is 1.40 bits per heavy atom. The van der Waals surface area contributed by atoms with Crippen LogP contribution in [0.2, 0.25) is 0 Å². The number of anilines is 1. The molecular weight excluding hydrogens is 192 g/mol. The van der Waals surface area contributed by atoms with E-state index in [4.69, 9.17) is 9.15 Å². The van der Waals surface area contributed by atoms with Gasteiger partial charge in [0.05, 0.1) is 7.11 Å². The maximum absolute atomic E-state index is 5.31. The molecule has 1 aromatic heterocycles. The highest BCUT2D eigenvalue weighted by molar-refractivity contribution is 5.57. The molecule has 78 valence electrons. The van der Waals surface area contributed by atoms with Gasteiger partial charge in [-0.3, -0.25) is 0 Å². The fourth-order valence-corrected chi connectivity index (χ4v) is 1.28. The summed E-state index contributed by atoms with van der Waals surface area (Å²) < 4.78 is 10.4. The number of benzene rings is 1. The first kappa shape index (κ1) is 9.58. The van der Waals surface area contributed by atoms with Crippen molar-refractivity contribution in [1.82, 2.24) is 4.98 Å². The number of methoxy groups -OCH3 is 1. The second kappa shape index (κ2) is 4.04. The molecule has 4 nitrogen and oxygen atoms in total. The van der Waals surface area contributed by atoms with E-state index in [2.05, 4.69) is 10.3 Å². The third-order valence-corrected chi connectivity index (χ3v) is 2.08. The maximum Gasteiger partial charge on any atom is 0.228 e. The van der Waals surface area contributed by atoms with Gasteiger partial charge >= 0.3 is 0 Å². The minimum Gasteiger partial charge on any atom is -0.497 e. The molecule has 0 aliphatic carbocycles. The van der Waals surface area contributed by atoms with Crippen LogP contribution in [0, 0.1) is 0 Å². The molecular formula is C11H12N2O2. The SMILES string of the molecule is CNc1coc(-c2cccc(OC)c2)n1. The van der Waals surface area contributed by atoms with Crippen molar-refractivity contribution in [1.29, 1.82) is 0 Å². The third-order valence-electron chi connectivity index (χ3n) is 2.08. The van der Waals surface area contributed by atoms with Crippen LogP contribution in [0.15, 0.2) is 34.9 Å². The monoisotopic (exact) mass is 204 g/mol. The predicted octanol–water partition coefficient (Wildman–Crippen LogP) is 2.39. The van der Waals surface area contributed by atoms with Gasteiger partial charge in [0.15, 0.2) is 5.82 Å². The number of hydrogen-bond donors (Lipinski definition) is 1. The second-order valence-electron chi connectivity index (χ2n) is 3.02. The fraction of sp³-hybridized carbons (Fsp3) is 0.182. The highest BCUT2D eigenvalue weighted by atomic mass is 16.5. The van der Waals surface area contributed by atoms with Gasteiger partial charge in [-0.1, -0.05) is 6.07 Å². The van der Waals surface area contributed by atoms with E-state index in [9.17, 15) is 0 Å². The van der Waals surface area contributed by atoms with E-state index in [0.717, 1.165) is 11.3 Å². The van der Waals surface area contributed by atoms with Crippen molar-refractivity contribution in [3.8, 4) is 17.2 Å². The standard InChI is InChI=1S/C11H12N2O2/c1-12-10-7-15-11(13-10)8-4-3-5-9(6-8)14-2/h3-7,12H,1-2H3. The Labute approximate surface area is 87.9 Å². The van der Waals surface area contributed by atoms with Crippen molar-refractivity contribution in [3.63, 3.8) is 0 Å². The van der Waals surface area contributed by atoms with Crippen LogP contribution in [-0.2, 0) is 0 Å². The lowest BCUT2D eigenvalue weighted by Gasteiger charge is -2.00. The van der Waals surface area contributed by atoms with Crippen LogP contribution in [0.4, 0.5) is 5.82 Å². The van der Waals surface area contributed by atoms with Crippen molar-refractivity contribution in [2.45, 2.75) is 0 Å². The zero-order valence-electron chi connectivity index (χ0n) is 8.65. The number of nitrogens with zero attached hydrogens (tertiary/aromatic N) is 1. The minimum absolute atomic E-state index is 0.582. The van der Waals surface area contributed by atoms with Crippen LogP contribution in [0.25, 0.3) is 11.5 Å². The average Bonchev–Trinajstić information content (AvgIpc) is 2.78. The van der Waals surface area contributed by atoms with Crippen molar-refractivity contribution in [2.24, 2.45) is 0 Å². The summed E-state index contributed by atoms with van der Waals surface area (Å²) in [7, 11) is 3.43. The molecule has 0 unspecified atom stereocenters. The van der Waals surface area contributed by atoms with Crippen molar-refractivity contribution < 1.29 is 9.15 Å². The number of ether oxygens (including phenoxy) is 1. The van der Waals surface area contributed by atoms with Crippen molar-refractivity contribution in [3.05, 3.63) is 30.5 Å². The molecule has 0 atom stereocenters. The Hall–Kier alpha value is -1.97. The van der Waals surface area contributed by atoms with Crippen LogP contribution < -0.4 is 10.1 Å². The molecule has 0 saturated heterocycles. The second-order valence-corrected chi connectivity index (χ2v) is 3.02. The number of hydrogen-bond acceptors (Lipinski definition) is 4. The highest BCUT2D eigenvalue weighted by Crippen LogP contribution is 2.24. The minimum atomic E-state index is 0.582. The molecule has 1 N–H and O–H groups in total. The molecule has 0 saturated carbocycles. The predicted molar refractivity (Wildman–Crippen MR) is 58.0 cm³/mol. The van der Waals surface area contributed by atoms with Gasteiger partial charge in [-0.05, 0) is 18.2 Å². The van der Waals surface area contributed by atoms with E-state index in [0.29, 0.717) is 11.7 Å². The molecule has 0 aliphatic rings. The molecule has 2 rings (SSSR count). The first-order valence-corrected chi connectivity index (χ1v) is 4.61. The highest BCUT2D eigenvalue weighted by Gasteiger charge is 2.06. The molecule has 1 aromatic carbocycles. The van der Waals surface area contributed by atoms with Gasteiger partial charge in [-0.25, -0.2) is 0 Å². The molecule has 0 fully saturated rings. The Morgan fingerprint density at radius 3 is 2.93 bits per heavy atom. The lowest BCUT2D eigenvalue weighted by Crippen LogP contribution is -1.87. The van der Waals surface area contributed by atoms with Crippen LogP contribution in [0.3, 0.4) is 0 Å². The maximum atomic E-state index is 5.31. The molecule has 1 heterocycles. The quantitative estimate of drug-likeness (QED) is 0.833. The number of oxazole rings is 1. The molecule has 0 spiro atoms. The Kier molecular flexibility index (Phi) is 2.58. The van der Waals surface area contributed by atoms with E-state index in [1.54, 1.807) is 20.4 Å².